The molecule has 1 aromatic heterocycles. The molecule has 0 N–H and O–H groups in total. The van der Waals surface area contributed by atoms with Gasteiger partial charge in [0.2, 0.25) is 0 Å². The van der Waals surface area contributed by atoms with Gasteiger partial charge < -0.3 is 4.52 Å². The van der Waals surface area contributed by atoms with Crippen molar-refractivity contribution in [2.45, 2.75) is 69.5 Å². The van der Waals surface area contributed by atoms with E-state index in [1.807, 2.05) is 13.8 Å². The van der Waals surface area contributed by atoms with E-state index < -0.39 is 23.3 Å². The number of hydrogen-bond acceptors (Lipinski definition) is 6. The predicted octanol–water partition coefficient (Wildman–Crippen LogP) is 7.75. The Balaban J connectivity index is 1.86. The van der Waals surface area contributed by atoms with Crippen LogP contribution in [0.3, 0.4) is 0 Å². The monoisotopic (exact) mass is 535 g/mol. The summed E-state index contributed by atoms with van der Waals surface area (Å²) in [6.45, 7) is 5.22. The van der Waals surface area contributed by atoms with Crippen molar-refractivity contribution in [3.63, 3.8) is 0 Å². The first kappa shape index (κ1) is 27.7. The van der Waals surface area contributed by atoms with E-state index in [0.29, 0.717) is 41.5 Å². The van der Waals surface area contributed by atoms with Crippen LogP contribution < -0.4 is 4.89 Å². The Morgan fingerprint density at radius 1 is 1.03 bits per heavy atom. The van der Waals surface area contributed by atoms with Crippen LogP contribution in [0.2, 0.25) is 0 Å². The van der Waals surface area contributed by atoms with Crippen molar-refractivity contribution in [1.82, 2.24) is 5.16 Å². The molecule has 3 rings (SSSR count). The van der Waals surface area contributed by atoms with E-state index in [1.165, 1.54) is 24.3 Å². The first-order valence-electron chi connectivity index (χ1n) is 11.1. The van der Waals surface area contributed by atoms with Gasteiger partial charge in [0, 0.05) is 16.0 Å². The van der Waals surface area contributed by atoms with Gasteiger partial charge in [-0.2, -0.15) is 26.3 Å². The third-order valence-corrected chi connectivity index (χ3v) is 6.00. The summed E-state index contributed by atoms with van der Waals surface area (Å²) in [7, 11) is 0. The van der Waals surface area contributed by atoms with Gasteiger partial charge >= 0.3 is 17.7 Å². The fourth-order valence-corrected chi connectivity index (χ4v) is 4.40. The highest BCUT2D eigenvalue weighted by molar-refractivity contribution is 8.00. The second kappa shape index (κ2) is 11.0. The Morgan fingerprint density at radius 2 is 1.72 bits per heavy atom. The maximum Gasteiger partial charge on any atom is 0.446 e. The average molecular weight is 536 g/mol. The second-order valence-electron chi connectivity index (χ2n) is 8.10. The molecule has 0 spiro atoms. The molecule has 3 aromatic rings. The van der Waals surface area contributed by atoms with Crippen LogP contribution >= 0.6 is 11.8 Å². The minimum absolute atomic E-state index is 0.0135. The first-order valence-corrected chi connectivity index (χ1v) is 11.9. The number of rotatable bonds is 9. The van der Waals surface area contributed by atoms with Gasteiger partial charge in [0.1, 0.15) is 0 Å². The molecule has 2 aromatic carbocycles. The molecular weight excluding hydrogens is 512 g/mol. The molecule has 0 aliphatic heterocycles. The molecule has 0 amide bonds. The van der Waals surface area contributed by atoms with Crippen LogP contribution in [-0.4, -0.2) is 16.6 Å². The SMILES string of the molecule is CCCc1cc2c(C(F)(F)F)noc2c(CCC)c1OOC(=O)Cc1ccc(SC(F)(F)F)cc1C. The molecule has 5 nitrogen and oxygen atoms in total. The van der Waals surface area contributed by atoms with Crippen LogP contribution in [0.5, 0.6) is 5.75 Å². The summed E-state index contributed by atoms with van der Waals surface area (Å²) in [5.41, 5.74) is -4.06. The van der Waals surface area contributed by atoms with Crippen molar-refractivity contribution in [2.75, 3.05) is 0 Å². The number of thioether (sulfide) groups is 1. The summed E-state index contributed by atoms with van der Waals surface area (Å²) in [5, 5.41) is 3.01. The van der Waals surface area contributed by atoms with Gasteiger partial charge in [-0.25, -0.2) is 4.79 Å². The number of halogens is 6. The van der Waals surface area contributed by atoms with Gasteiger partial charge in [0.15, 0.2) is 17.0 Å². The molecule has 0 saturated carbocycles. The molecule has 0 saturated heterocycles. The molecule has 0 unspecified atom stereocenters. The standard InChI is InChI=1S/C24H23F6NO4S/c1-4-6-15-11-18-21(33-31-22(18)23(25,26)27)17(7-5-2)20(15)35-34-19(32)12-14-8-9-16(10-13(14)3)36-24(28,29)30/h8-11H,4-7,12H2,1-3H3. The van der Waals surface area contributed by atoms with Gasteiger partial charge in [-0.1, -0.05) is 37.9 Å². The molecule has 196 valence electrons. The van der Waals surface area contributed by atoms with Gasteiger partial charge in [-0.15, -0.1) is 0 Å². The van der Waals surface area contributed by atoms with Gasteiger partial charge in [-0.3, -0.25) is 9.78 Å². The third kappa shape index (κ3) is 6.65. The van der Waals surface area contributed by atoms with E-state index in [0.717, 1.165) is 0 Å². The van der Waals surface area contributed by atoms with Gasteiger partial charge in [-0.05, 0) is 60.9 Å². The lowest BCUT2D eigenvalue weighted by molar-refractivity contribution is -0.213. The highest BCUT2D eigenvalue weighted by atomic mass is 32.2. The number of fused-ring (bicyclic) bond motifs is 1. The number of benzene rings is 2. The highest BCUT2D eigenvalue weighted by Crippen LogP contribution is 2.41. The highest BCUT2D eigenvalue weighted by Gasteiger charge is 2.38. The summed E-state index contributed by atoms with van der Waals surface area (Å²) < 4.78 is 83.0. The van der Waals surface area contributed by atoms with E-state index >= 15 is 0 Å². The van der Waals surface area contributed by atoms with Crippen molar-refractivity contribution in [1.29, 1.82) is 0 Å². The van der Waals surface area contributed by atoms with Crippen LogP contribution in [0.15, 0.2) is 33.7 Å². The van der Waals surface area contributed by atoms with Crippen LogP contribution in [0.4, 0.5) is 26.3 Å². The average Bonchev–Trinajstić information content (AvgIpc) is 3.19. The van der Waals surface area contributed by atoms with Crippen LogP contribution in [0.25, 0.3) is 11.0 Å². The van der Waals surface area contributed by atoms with Crippen LogP contribution in [-0.2, 0) is 35.1 Å². The van der Waals surface area contributed by atoms with E-state index in [-0.39, 0.29) is 46.2 Å². The molecular formula is C24H23F6NO4S. The van der Waals surface area contributed by atoms with E-state index in [4.69, 9.17) is 14.3 Å². The molecule has 0 aliphatic carbocycles. The number of aromatic nitrogens is 1. The van der Waals surface area contributed by atoms with Crippen molar-refractivity contribution in [3.05, 3.63) is 52.2 Å². The fourth-order valence-electron chi connectivity index (χ4n) is 3.76. The maximum absolute atomic E-state index is 13.4. The lowest BCUT2D eigenvalue weighted by atomic mass is 9.98. The van der Waals surface area contributed by atoms with Gasteiger partial charge in [0.25, 0.3) is 0 Å². The largest absolute Gasteiger partial charge is 0.446 e. The molecule has 36 heavy (non-hydrogen) atoms. The Labute approximate surface area is 207 Å². The first-order chi connectivity index (χ1) is 16.8. The molecule has 12 heteroatoms. The quantitative estimate of drug-likeness (QED) is 0.121. The Morgan fingerprint density at radius 3 is 2.31 bits per heavy atom. The molecule has 0 bridgehead atoms. The Bertz CT molecular complexity index is 1240. The Kier molecular flexibility index (Phi) is 8.48. The van der Waals surface area contributed by atoms with E-state index in [1.54, 1.807) is 6.92 Å². The molecule has 1 heterocycles. The van der Waals surface area contributed by atoms with E-state index in [9.17, 15) is 31.1 Å². The second-order valence-corrected chi connectivity index (χ2v) is 9.24. The normalized spacial score (nSPS) is 12.2. The van der Waals surface area contributed by atoms with Crippen molar-refractivity contribution in [3.8, 4) is 5.75 Å². The number of nitrogens with zero attached hydrogens (tertiary/aromatic N) is 1. The van der Waals surface area contributed by atoms with Crippen molar-refractivity contribution >= 4 is 28.7 Å². The van der Waals surface area contributed by atoms with Crippen molar-refractivity contribution in [2.24, 2.45) is 0 Å². The number of aryl methyl sites for hydroxylation is 3. The third-order valence-electron chi connectivity index (χ3n) is 5.27. The number of alkyl halides is 6. The number of carbonyl (C=O) groups is 1. The summed E-state index contributed by atoms with van der Waals surface area (Å²) in [4.78, 5) is 22.8. The molecule has 0 aliphatic rings. The molecule has 0 atom stereocenters. The lowest BCUT2D eigenvalue weighted by Crippen LogP contribution is -2.14. The Hall–Kier alpha value is -2.89. The minimum atomic E-state index is -4.71. The van der Waals surface area contributed by atoms with Gasteiger partial charge in [0.05, 0.1) is 11.8 Å². The predicted molar refractivity (Wildman–Crippen MR) is 121 cm³/mol. The zero-order valence-corrected chi connectivity index (χ0v) is 20.4. The zero-order chi connectivity index (χ0) is 26.7. The summed E-state index contributed by atoms with van der Waals surface area (Å²) in [5.74, 6) is -0.731. The number of carbonyl (C=O) groups excluding carboxylic acids is 1. The lowest BCUT2D eigenvalue weighted by Gasteiger charge is -2.15. The minimum Gasteiger partial charge on any atom is -0.355 e. The summed E-state index contributed by atoms with van der Waals surface area (Å²) in [6, 6.07) is 5.25. The molecule has 0 fully saturated rings. The topological polar surface area (TPSA) is 61.6 Å². The smallest absolute Gasteiger partial charge is 0.355 e. The summed E-state index contributed by atoms with van der Waals surface area (Å²) >= 11 is -0.259. The number of hydrogen-bond donors (Lipinski definition) is 0. The maximum atomic E-state index is 13.4. The van der Waals surface area contributed by atoms with Crippen LogP contribution in [0, 0.1) is 6.92 Å². The zero-order valence-electron chi connectivity index (χ0n) is 19.6. The fraction of sp³-hybridized carbons (Fsp3) is 0.417. The summed E-state index contributed by atoms with van der Waals surface area (Å²) in [6.07, 6.45) is -3.24. The molecule has 0 radical (unpaired) electrons. The van der Waals surface area contributed by atoms with Crippen molar-refractivity contribution < 1.29 is 45.4 Å². The van der Waals surface area contributed by atoms with E-state index in [2.05, 4.69) is 5.16 Å². The van der Waals surface area contributed by atoms with Crippen LogP contribution in [0.1, 0.15) is 54.6 Å².